The van der Waals surface area contributed by atoms with E-state index in [4.69, 9.17) is 4.74 Å². The molecule has 0 aliphatic heterocycles. The summed E-state index contributed by atoms with van der Waals surface area (Å²) in [5.41, 5.74) is 1.07. The summed E-state index contributed by atoms with van der Waals surface area (Å²) in [4.78, 5) is 36.8. The van der Waals surface area contributed by atoms with Crippen molar-refractivity contribution in [1.82, 2.24) is 20.3 Å². The van der Waals surface area contributed by atoms with Gasteiger partial charge in [0, 0.05) is 17.8 Å². The SMILES string of the molecule is COC(=O)C[C@H](NC(=O)c1csc(-c2ncccn2)n1)c1ccccc1. The Bertz CT molecular complexity index is 884. The number of methoxy groups -OCH3 is 1. The first-order valence-electron chi connectivity index (χ1n) is 7.83. The fraction of sp³-hybridized carbons (Fsp3) is 0.167. The lowest BCUT2D eigenvalue weighted by atomic mass is 10.0. The average Bonchev–Trinajstić information content (AvgIpc) is 3.19. The summed E-state index contributed by atoms with van der Waals surface area (Å²) in [5, 5.41) is 5.04. The quantitative estimate of drug-likeness (QED) is 0.672. The molecular weight excluding hydrogens is 352 g/mol. The third kappa shape index (κ3) is 4.28. The van der Waals surface area contributed by atoms with Crippen LogP contribution in [0.15, 0.2) is 54.2 Å². The number of esters is 1. The number of thiazole rings is 1. The second-order valence-electron chi connectivity index (χ2n) is 5.33. The molecule has 0 radical (unpaired) electrons. The van der Waals surface area contributed by atoms with Crippen LogP contribution in [0.1, 0.15) is 28.5 Å². The summed E-state index contributed by atoms with van der Waals surface area (Å²) in [6.45, 7) is 0. The number of hydrogen-bond acceptors (Lipinski definition) is 7. The zero-order valence-corrected chi connectivity index (χ0v) is 14.8. The number of nitrogens with zero attached hydrogens (tertiary/aromatic N) is 3. The maximum Gasteiger partial charge on any atom is 0.307 e. The molecule has 0 unspecified atom stereocenters. The molecule has 26 heavy (non-hydrogen) atoms. The van der Waals surface area contributed by atoms with Gasteiger partial charge >= 0.3 is 5.97 Å². The second-order valence-corrected chi connectivity index (χ2v) is 6.19. The first-order chi connectivity index (χ1) is 12.7. The van der Waals surface area contributed by atoms with Gasteiger partial charge in [0.25, 0.3) is 5.91 Å². The van der Waals surface area contributed by atoms with Gasteiger partial charge in [0.1, 0.15) is 5.69 Å². The lowest BCUT2D eigenvalue weighted by molar-refractivity contribution is -0.141. The number of amides is 1. The van der Waals surface area contributed by atoms with E-state index in [1.807, 2.05) is 30.3 Å². The Morgan fingerprint density at radius 2 is 1.88 bits per heavy atom. The summed E-state index contributed by atoms with van der Waals surface area (Å²) >= 11 is 1.28. The molecule has 2 aromatic heterocycles. The normalized spacial score (nSPS) is 11.6. The van der Waals surface area contributed by atoms with Crippen molar-refractivity contribution in [3.8, 4) is 10.8 Å². The summed E-state index contributed by atoms with van der Waals surface area (Å²) in [7, 11) is 1.32. The largest absolute Gasteiger partial charge is 0.469 e. The van der Waals surface area contributed by atoms with Crippen molar-refractivity contribution in [1.29, 1.82) is 0 Å². The van der Waals surface area contributed by atoms with Gasteiger partial charge in [-0.2, -0.15) is 0 Å². The third-order valence-electron chi connectivity index (χ3n) is 3.60. The highest BCUT2D eigenvalue weighted by Crippen LogP contribution is 2.21. The van der Waals surface area contributed by atoms with E-state index < -0.39 is 12.0 Å². The topological polar surface area (TPSA) is 94.1 Å². The zero-order chi connectivity index (χ0) is 18.4. The molecule has 132 valence electrons. The van der Waals surface area contributed by atoms with Crippen molar-refractivity contribution in [3.63, 3.8) is 0 Å². The lowest BCUT2D eigenvalue weighted by Crippen LogP contribution is -2.30. The van der Waals surface area contributed by atoms with E-state index in [1.165, 1.54) is 18.4 Å². The van der Waals surface area contributed by atoms with Crippen LogP contribution in [-0.2, 0) is 9.53 Å². The first kappa shape index (κ1) is 17.7. The van der Waals surface area contributed by atoms with E-state index in [2.05, 4.69) is 20.3 Å². The van der Waals surface area contributed by atoms with E-state index >= 15 is 0 Å². The summed E-state index contributed by atoms with van der Waals surface area (Å²) in [5.74, 6) is -0.317. The Balaban J connectivity index is 1.77. The van der Waals surface area contributed by atoms with E-state index in [-0.39, 0.29) is 18.0 Å². The molecule has 0 aliphatic carbocycles. The van der Waals surface area contributed by atoms with Crippen LogP contribution < -0.4 is 5.32 Å². The van der Waals surface area contributed by atoms with Crippen molar-refractivity contribution in [2.45, 2.75) is 12.5 Å². The van der Waals surface area contributed by atoms with Gasteiger partial charge in [0.15, 0.2) is 10.8 Å². The second kappa shape index (κ2) is 8.30. The molecule has 0 saturated carbocycles. The Morgan fingerprint density at radius 1 is 1.15 bits per heavy atom. The smallest absolute Gasteiger partial charge is 0.307 e. The van der Waals surface area contributed by atoms with Crippen LogP contribution in [0.2, 0.25) is 0 Å². The molecule has 0 fully saturated rings. The van der Waals surface area contributed by atoms with Gasteiger partial charge in [-0.1, -0.05) is 30.3 Å². The van der Waals surface area contributed by atoms with Gasteiger partial charge in [-0.3, -0.25) is 9.59 Å². The highest BCUT2D eigenvalue weighted by atomic mass is 32.1. The Hall–Kier alpha value is -3.13. The molecular formula is C18H16N4O3S. The molecule has 0 spiro atoms. The number of carbonyl (C=O) groups excluding carboxylic acids is 2. The minimum atomic E-state index is -0.505. The van der Waals surface area contributed by atoms with Crippen LogP contribution in [0.25, 0.3) is 10.8 Å². The number of ether oxygens (including phenoxy) is 1. The minimum Gasteiger partial charge on any atom is -0.469 e. The number of aromatic nitrogens is 3. The van der Waals surface area contributed by atoms with Crippen molar-refractivity contribution < 1.29 is 14.3 Å². The van der Waals surface area contributed by atoms with Crippen molar-refractivity contribution in [2.75, 3.05) is 7.11 Å². The van der Waals surface area contributed by atoms with E-state index in [9.17, 15) is 9.59 Å². The predicted molar refractivity (Wildman–Crippen MR) is 96.4 cm³/mol. The van der Waals surface area contributed by atoms with Crippen LogP contribution in [0.3, 0.4) is 0 Å². The Kier molecular flexibility index (Phi) is 5.65. The maximum absolute atomic E-state index is 12.6. The molecule has 3 aromatic rings. The minimum absolute atomic E-state index is 0.0328. The van der Waals surface area contributed by atoms with Crippen LogP contribution in [0, 0.1) is 0 Å². The van der Waals surface area contributed by atoms with Gasteiger partial charge in [0.2, 0.25) is 0 Å². The summed E-state index contributed by atoms with van der Waals surface area (Å²) in [6, 6.07) is 10.5. The molecule has 0 saturated heterocycles. The molecule has 1 atom stereocenters. The molecule has 0 bridgehead atoms. The fourth-order valence-electron chi connectivity index (χ4n) is 2.31. The molecule has 1 aromatic carbocycles. The van der Waals surface area contributed by atoms with Gasteiger partial charge in [-0.15, -0.1) is 11.3 Å². The highest BCUT2D eigenvalue weighted by Gasteiger charge is 2.21. The van der Waals surface area contributed by atoms with Crippen molar-refractivity contribution in [3.05, 3.63) is 65.4 Å². The first-order valence-corrected chi connectivity index (χ1v) is 8.71. The van der Waals surface area contributed by atoms with Crippen LogP contribution in [0.5, 0.6) is 0 Å². The van der Waals surface area contributed by atoms with Gasteiger partial charge in [-0.25, -0.2) is 15.0 Å². The molecule has 1 amide bonds. The zero-order valence-electron chi connectivity index (χ0n) is 14.0. The predicted octanol–water partition coefficient (Wildman–Crippen LogP) is 2.63. The molecule has 2 heterocycles. The number of benzene rings is 1. The van der Waals surface area contributed by atoms with Crippen LogP contribution >= 0.6 is 11.3 Å². The standard InChI is InChI=1S/C18H16N4O3S/c1-25-15(23)10-13(12-6-3-2-4-7-12)21-17(24)14-11-26-18(22-14)16-19-8-5-9-20-16/h2-9,11,13H,10H2,1H3,(H,21,24)/t13-/m0/s1. The van der Waals surface area contributed by atoms with E-state index in [0.717, 1.165) is 5.56 Å². The number of carbonyl (C=O) groups is 2. The number of rotatable bonds is 6. The maximum atomic E-state index is 12.6. The molecule has 7 nitrogen and oxygen atoms in total. The van der Waals surface area contributed by atoms with Crippen LogP contribution in [0.4, 0.5) is 0 Å². The van der Waals surface area contributed by atoms with Gasteiger partial charge in [-0.05, 0) is 11.6 Å². The molecule has 0 aliphatic rings. The van der Waals surface area contributed by atoms with Gasteiger partial charge in [0.05, 0.1) is 19.6 Å². The van der Waals surface area contributed by atoms with Crippen LogP contribution in [-0.4, -0.2) is 33.9 Å². The van der Waals surface area contributed by atoms with E-state index in [1.54, 1.807) is 23.8 Å². The number of hydrogen-bond donors (Lipinski definition) is 1. The average molecular weight is 368 g/mol. The van der Waals surface area contributed by atoms with Gasteiger partial charge < -0.3 is 10.1 Å². The highest BCUT2D eigenvalue weighted by molar-refractivity contribution is 7.13. The van der Waals surface area contributed by atoms with E-state index in [0.29, 0.717) is 10.8 Å². The monoisotopic (exact) mass is 368 g/mol. The third-order valence-corrected chi connectivity index (χ3v) is 4.44. The molecule has 3 rings (SSSR count). The fourth-order valence-corrected chi connectivity index (χ4v) is 3.05. The Morgan fingerprint density at radius 3 is 2.58 bits per heavy atom. The summed E-state index contributed by atoms with van der Waals surface area (Å²) in [6.07, 6.45) is 3.27. The van der Waals surface area contributed by atoms with Crippen molar-refractivity contribution >= 4 is 23.2 Å². The number of nitrogens with one attached hydrogen (secondary N) is 1. The molecule has 1 N–H and O–H groups in total. The van der Waals surface area contributed by atoms with Crippen molar-refractivity contribution in [2.24, 2.45) is 0 Å². The lowest BCUT2D eigenvalue weighted by Gasteiger charge is -2.17. The molecule has 8 heteroatoms. The Labute approximate surface area is 154 Å². The summed E-state index contributed by atoms with van der Waals surface area (Å²) < 4.78 is 4.73.